The summed E-state index contributed by atoms with van der Waals surface area (Å²) in [6, 6.07) is 0. The van der Waals surface area contributed by atoms with Crippen molar-refractivity contribution >= 4 is 13.8 Å². The first-order valence-corrected chi connectivity index (χ1v) is 24.8. The normalized spacial score (nSPS) is 14.2. The highest BCUT2D eigenvalue weighted by Crippen LogP contribution is 2.43. The first-order valence-electron chi connectivity index (χ1n) is 23.3. The highest BCUT2D eigenvalue weighted by atomic mass is 31.2. The van der Waals surface area contributed by atoms with Crippen LogP contribution in [0.4, 0.5) is 0 Å². The standard InChI is InChI=1S/C46H89O9P/c1-3-5-7-9-11-13-15-17-19-20-21-22-23-25-27-29-31-33-35-37-39-52-42-45(43-54-56(50,51)53-41-44(48)40-47)55-46(49)38-36-34-32-30-28-26-24-18-16-14-12-10-8-6-4-2/h12,14,18,24,44-45,47-48H,3-11,13,15-17,19-23,25-43H2,1-2H3,(H,50,51)/b14-12-,24-18-. The first kappa shape index (κ1) is 54.9. The zero-order valence-corrected chi connectivity index (χ0v) is 37.3. The van der Waals surface area contributed by atoms with E-state index in [0.29, 0.717) is 13.0 Å². The van der Waals surface area contributed by atoms with Crippen LogP contribution in [-0.2, 0) is 27.9 Å². The molecule has 0 aromatic carbocycles. The summed E-state index contributed by atoms with van der Waals surface area (Å²) in [6.45, 7) is 3.51. The zero-order valence-electron chi connectivity index (χ0n) is 36.4. The highest BCUT2D eigenvalue weighted by molar-refractivity contribution is 7.47. The summed E-state index contributed by atoms with van der Waals surface area (Å²) in [4.78, 5) is 22.6. The molecule has 0 heterocycles. The van der Waals surface area contributed by atoms with Gasteiger partial charge >= 0.3 is 13.8 Å². The molecule has 0 aliphatic carbocycles. The average molecular weight is 817 g/mol. The number of ether oxygens (including phenoxy) is 2. The van der Waals surface area contributed by atoms with Crippen LogP contribution in [0.3, 0.4) is 0 Å². The molecule has 0 rings (SSSR count). The van der Waals surface area contributed by atoms with Crippen molar-refractivity contribution in [3.8, 4) is 0 Å². The van der Waals surface area contributed by atoms with Gasteiger partial charge in [0.2, 0.25) is 0 Å². The minimum absolute atomic E-state index is 0.0479. The van der Waals surface area contributed by atoms with Crippen LogP contribution >= 0.6 is 7.82 Å². The van der Waals surface area contributed by atoms with E-state index in [1.165, 1.54) is 141 Å². The monoisotopic (exact) mass is 817 g/mol. The summed E-state index contributed by atoms with van der Waals surface area (Å²) >= 11 is 0. The predicted molar refractivity (Wildman–Crippen MR) is 233 cm³/mol. The molecule has 56 heavy (non-hydrogen) atoms. The molecule has 3 unspecified atom stereocenters. The van der Waals surface area contributed by atoms with Gasteiger partial charge in [-0.05, 0) is 44.9 Å². The van der Waals surface area contributed by atoms with E-state index in [-0.39, 0.29) is 19.6 Å². The minimum Gasteiger partial charge on any atom is -0.457 e. The van der Waals surface area contributed by atoms with Crippen molar-refractivity contribution in [2.24, 2.45) is 0 Å². The minimum atomic E-state index is -4.52. The fraction of sp³-hybridized carbons (Fsp3) is 0.891. The number of aliphatic hydroxyl groups excluding tert-OH is 2. The Hall–Kier alpha value is -1.06. The van der Waals surface area contributed by atoms with E-state index in [4.69, 9.17) is 23.6 Å². The molecule has 0 saturated heterocycles. The number of phosphoric acid groups is 1. The van der Waals surface area contributed by atoms with Gasteiger partial charge in [0, 0.05) is 13.0 Å². The maximum absolute atomic E-state index is 12.6. The Morgan fingerprint density at radius 2 is 0.964 bits per heavy atom. The number of phosphoric ester groups is 1. The lowest BCUT2D eigenvalue weighted by molar-refractivity contribution is -0.154. The number of rotatable bonds is 45. The Morgan fingerprint density at radius 1 is 0.554 bits per heavy atom. The summed E-state index contributed by atoms with van der Waals surface area (Å²) in [5.74, 6) is -0.393. The summed E-state index contributed by atoms with van der Waals surface area (Å²) in [6.07, 6.45) is 45.7. The molecule has 0 fully saturated rings. The van der Waals surface area contributed by atoms with Crippen LogP contribution in [0.5, 0.6) is 0 Å². The Bertz CT molecular complexity index is 928. The van der Waals surface area contributed by atoms with Crippen LogP contribution in [0.2, 0.25) is 0 Å². The molecule has 3 N–H and O–H groups in total. The maximum atomic E-state index is 12.6. The quantitative estimate of drug-likeness (QED) is 0.0238. The number of allylic oxidation sites excluding steroid dienone is 4. The third kappa shape index (κ3) is 42.5. The van der Waals surface area contributed by atoms with Gasteiger partial charge in [-0.25, -0.2) is 4.57 Å². The lowest BCUT2D eigenvalue weighted by atomic mass is 10.0. The maximum Gasteiger partial charge on any atom is 0.472 e. The van der Waals surface area contributed by atoms with Gasteiger partial charge in [0.15, 0.2) is 0 Å². The second kappa shape index (κ2) is 43.5. The molecule has 0 aliphatic rings. The number of carbonyl (C=O) groups excluding carboxylic acids is 1. The van der Waals surface area contributed by atoms with Crippen molar-refractivity contribution in [2.45, 2.75) is 232 Å². The van der Waals surface area contributed by atoms with Crippen LogP contribution in [0.1, 0.15) is 219 Å². The van der Waals surface area contributed by atoms with Gasteiger partial charge in [0.1, 0.15) is 12.2 Å². The van der Waals surface area contributed by atoms with Crippen molar-refractivity contribution < 1.29 is 43.0 Å². The van der Waals surface area contributed by atoms with Crippen molar-refractivity contribution in [3.63, 3.8) is 0 Å². The number of hydrogen-bond donors (Lipinski definition) is 3. The molecular weight excluding hydrogens is 727 g/mol. The van der Waals surface area contributed by atoms with E-state index in [9.17, 15) is 19.4 Å². The van der Waals surface area contributed by atoms with Gasteiger partial charge in [0.05, 0.1) is 26.4 Å². The first-order chi connectivity index (χ1) is 27.3. The van der Waals surface area contributed by atoms with Gasteiger partial charge in [-0.2, -0.15) is 0 Å². The van der Waals surface area contributed by atoms with Gasteiger partial charge in [-0.3, -0.25) is 13.8 Å². The molecule has 0 amide bonds. The van der Waals surface area contributed by atoms with E-state index in [1.54, 1.807) is 0 Å². The third-order valence-electron chi connectivity index (χ3n) is 10.1. The number of hydrogen-bond acceptors (Lipinski definition) is 8. The molecule has 0 aliphatic heterocycles. The summed E-state index contributed by atoms with van der Waals surface area (Å²) in [5, 5.41) is 18.4. The molecular formula is C46H89O9P. The molecule has 0 bridgehead atoms. The molecule has 10 heteroatoms. The van der Waals surface area contributed by atoms with Crippen LogP contribution < -0.4 is 0 Å². The molecule has 3 atom stereocenters. The summed E-state index contributed by atoms with van der Waals surface area (Å²) in [5.41, 5.74) is 0. The number of unbranched alkanes of at least 4 members (excludes halogenated alkanes) is 27. The number of carbonyl (C=O) groups is 1. The summed E-state index contributed by atoms with van der Waals surface area (Å²) < 4.78 is 33.4. The van der Waals surface area contributed by atoms with E-state index < -0.39 is 39.2 Å². The third-order valence-corrected chi connectivity index (χ3v) is 11.1. The lowest BCUT2D eigenvalue weighted by Gasteiger charge is -2.20. The zero-order chi connectivity index (χ0) is 41.1. The smallest absolute Gasteiger partial charge is 0.457 e. The number of esters is 1. The molecule has 0 aromatic heterocycles. The van der Waals surface area contributed by atoms with Gasteiger partial charge in [-0.15, -0.1) is 0 Å². The molecule has 332 valence electrons. The fourth-order valence-electron chi connectivity index (χ4n) is 6.56. The molecule has 0 spiro atoms. The molecule has 0 radical (unpaired) electrons. The largest absolute Gasteiger partial charge is 0.472 e. The van der Waals surface area contributed by atoms with E-state index in [0.717, 1.165) is 51.4 Å². The van der Waals surface area contributed by atoms with Crippen LogP contribution in [0.15, 0.2) is 24.3 Å². The topological polar surface area (TPSA) is 132 Å². The van der Waals surface area contributed by atoms with Crippen LogP contribution in [-0.4, -0.2) is 66.3 Å². The van der Waals surface area contributed by atoms with E-state index in [1.807, 2.05) is 0 Å². The molecule has 0 aromatic rings. The fourth-order valence-corrected chi connectivity index (χ4v) is 7.35. The van der Waals surface area contributed by atoms with E-state index >= 15 is 0 Å². The van der Waals surface area contributed by atoms with Crippen molar-refractivity contribution in [1.29, 1.82) is 0 Å². The Labute approximate surface area is 344 Å². The average Bonchev–Trinajstić information content (AvgIpc) is 3.19. The van der Waals surface area contributed by atoms with Crippen molar-refractivity contribution in [2.75, 3.05) is 33.0 Å². The highest BCUT2D eigenvalue weighted by Gasteiger charge is 2.26. The van der Waals surface area contributed by atoms with Crippen LogP contribution in [0.25, 0.3) is 0 Å². The van der Waals surface area contributed by atoms with Crippen LogP contribution in [0, 0.1) is 0 Å². The number of aliphatic hydroxyl groups is 2. The second-order valence-corrected chi connectivity index (χ2v) is 17.2. The second-order valence-electron chi connectivity index (χ2n) is 15.8. The summed E-state index contributed by atoms with van der Waals surface area (Å²) in [7, 11) is -4.52. The lowest BCUT2D eigenvalue weighted by Crippen LogP contribution is -2.29. The van der Waals surface area contributed by atoms with Gasteiger partial charge in [-0.1, -0.05) is 192 Å². The van der Waals surface area contributed by atoms with Crippen molar-refractivity contribution in [3.05, 3.63) is 24.3 Å². The molecule has 9 nitrogen and oxygen atoms in total. The van der Waals surface area contributed by atoms with Crippen molar-refractivity contribution in [1.82, 2.24) is 0 Å². The Morgan fingerprint density at radius 3 is 1.46 bits per heavy atom. The van der Waals surface area contributed by atoms with Gasteiger partial charge < -0.3 is 24.6 Å². The SMILES string of the molecule is CCCCC/C=C\C/C=C\CCCCCCCC(=O)OC(COCCCCCCCCCCCCCCCCCCCCCC)COP(=O)(O)OCC(O)CO. The predicted octanol–water partition coefficient (Wildman–Crippen LogP) is 13.0. The molecule has 0 saturated carbocycles. The van der Waals surface area contributed by atoms with E-state index in [2.05, 4.69) is 38.2 Å². The Kier molecular flexibility index (Phi) is 42.7. The van der Waals surface area contributed by atoms with Gasteiger partial charge in [0.25, 0.3) is 0 Å². The Balaban J connectivity index is 4.10.